The van der Waals surface area contributed by atoms with E-state index < -0.39 is 50.5 Å². The number of aromatic nitrogens is 4. The van der Waals surface area contributed by atoms with Gasteiger partial charge in [0.2, 0.25) is 20.9 Å². The summed E-state index contributed by atoms with van der Waals surface area (Å²) in [5, 5.41) is 2.86. The van der Waals surface area contributed by atoms with E-state index in [1.54, 1.807) is 24.7 Å². The van der Waals surface area contributed by atoms with Crippen LogP contribution in [0.25, 0.3) is 11.2 Å². The zero-order valence-corrected chi connectivity index (χ0v) is 32.4. The van der Waals surface area contributed by atoms with E-state index in [0.29, 0.717) is 22.2 Å². The van der Waals surface area contributed by atoms with Crippen LogP contribution in [0.2, 0.25) is 47.0 Å². The van der Waals surface area contributed by atoms with E-state index in [4.69, 9.17) is 29.6 Å². The highest BCUT2D eigenvalue weighted by atomic mass is 35.5. The number of hydrogen-bond donors (Lipinski definition) is 2. The van der Waals surface area contributed by atoms with Crippen LogP contribution in [0.4, 0.5) is 5.95 Å². The van der Waals surface area contributed by atoms with Crippen LogP contribution in [0.3, 0.4) is 0 Å². The molecule has 44 heavy (non-hydrogen) atoms. The van der Waals surface area contributed by atoms with Crippen LogP contribution in [0.15, 0.2) is 6.33 Å². The lowest BCUT2D eigenvalue weighted by atomic mass is 10.1. The predicted molar refractivity (Wildman–Crippen MR) is 181 cm³/mol. The quantitative estimate of drug-likeness (QED) is 0.166. The summed E-state index contributed by atoms with van der Waals surface area (Å²) in [5.74, 6) is -0.398. The Morgan fingerprint density at radius 3 is 2.14 bits per heavy atom. The van der Waals surface area contributed by atoms with E-state index in [2.05, 4.69) is 67.6 Å². The second-order valence-corrected chi connectivity index (χ2v) is 26.5. The Kier molecular flexibility index (Phi) is 12.4. The Bertz CT molecular complexity index is 1260. The number of nitrogens with one attached hydrogen (secondary N) is 1. The fraction of sp³-hybridized carbons (Fsp3) is 0.793. The maximum Gasteiger partial charge on any atom is 0.340 e. The molecule has 1 radical (unpaired) electrons. The van der Waals surface area contributed by atoms with Crippen molar-refractivity contribution in [3.63, 3.8) is 0 Å². The van der Waals surface area contributed by atoms with Gasteiger partial charge in [0.25, 0.3) is 0 Å². The molecule has 2 aromatic rings. The molecule has 1 fully saturated rings. The van der Waals surface area contributed by atoms with Crippen molar-refractivity contribution in [3.8, 4) is 0 Å². The van der Waals surface area contributed by atoms with Gasteiger partial charge in [-0.2, -0.15) is 9.97 Å². The lowest BCUT2D eigenvalue weighted by Gasteiger charge is -2.36. The molecule has 2 N–H and O–H groups in total. The minimum atomic E-state index is -3.08. The molecule has 1 amide bonds. The molecule has 0 spiro atoms. The first-order chi connectivity index (χ1) is 20.3. The largest absolute Gasteiger partial charge is 0.410 e. The fourth-order valence-electron chi connectivity index (χ4n) is 5.43. The number of imidazole rings is 1. The summed E-state index contributed by atoms with van der Waals surface area (Å²) in [7, 11) is -6.54. The van der Waals surface area contributed by atoms with Crippen LogP contribution in [-0.4, -0.2) is 81.1 Å². The van der Waals surface area contributed by atoms with Crippen molar-refractivity contribution in [2.45, 2.75) is 136 Å². The minimum absolute atomic E-state index is 0.00467. The monoisotopic (exact) mass is 686 g/mol. The highest BCUT2D eigenvalue weighted by Crippen LogP contribution is 2.41. The first kappa shape index (κ1) is 37.2. The summed E-state index contributed by atoms with van der Waals surface area (Å²) in [4.78, 5) is 37.5. The molecule has 0 bridgehead atoms. The summed E-state index contributed by atoms with van der Waals surface area (Å²) in [6, 6.07) is 0. The van der Waals surface area contributed by atoms with Crippen LogP contribution >= 0.6 is 11.6 Å². The Hall–Kier alpha value is -1.24. The lowest BCUT2D eigenvalue weighted by Crippen LogP contribution is -2.50. The Morgan fingerprint density at radius 2 is 1.64 bits per heavy atom. The molecule has 249 valence electrons. The molecule has 3 heterocycles. The topological polar surface area (TPSA) is 130 Å². The molecule has 11 nitrogen and oxygen atoms in total. The summed E-state index contributed by atoms with van der Waals surface area (Å²) in [6.07, 6.45) is -0.557. The molecule has 15 heteroatoms. The molecule has 1 saturated heterocycles. The van der Waals surface area contributed by atoms with Crippen LogP contribution in [0, 0.1) is 5.92 Å². The molecule has 2 unspecified atom stereocenters. The zero-order chi connectivity index (χ0) is 33.3. The minimum Gasteiger partial charge on any atom is -0.410 e. The van der Waals surface area contributed by atoms with Gasteiger partial charge < -0.3 is 22.8 Å². The van der Waals surface area contributed by atoms with Crippen LogP contribution in [-0.2, 0) is 22.8 Å². The third kappa shape index (κ3) is 8.56. The van der Waals surface area contributed by atoms with Crippen LogP contribution in [0.1, 0.15) is 75.5 Å². The molecule has 3 rings (SSSR count). The van der Waals surface area contributed by atoms with Crippen molar-refractivity contribution in [2.75, 3.05) is 11.9 Å². The molecule has 0 aromatic carbocycles. The normalized spacial score (nSPS) is 21.8. The van der Waals surface area contributed by atoms with Gasteiger partial charge in [-0.3, -0.25) is 14.7 Å². The van der Waals surface area contributed by atoms with E-state index in [-0.39, 0.29) is 40.6 Å². The number of ether oxygens (including phenoxy) is 1. The second kappa shape index (κ2) is 14.7. The molecule has 0 aliphatic carbocycles. The van der Waals surface area contributed by atoms with E-state index in [1.807, 2.05) is 27.7 Å². The van der Waals surface area contributed by atoms with Crippen LogP contribution in [0.5, 0.6) is 0 Å². The Labute approximate surface area is 271 Å². The summed E-state index contributed by atoms with van der Waals surface area (Å²) in [6.45, 7) is 26.9. The molecule has 0 saturated carbocycles. The Morgan fingerprint density at radius 1 is 1.05 bits per heavy atom. The van der Waals surface area contributed by atoms with Crippen molar-refractivity contribution in [1.82, 2.24) is 19.5 Å². The van der Waals surface area contributed by atoms with E-state index in [0.717, 1.165) is 0 Å². The van der Waals surface area contributed by atoms with Gasteiger partial charge in [-0.05, 0) is 41.8 Å². The number of fused-ring (bicyclic) bond motifs is 1. The average molecular weight is 687 g/mol. The number of amides is 1. The fourth-order valence-corrected chi connectivity index (χ4v) is 11.6. The number of halogens is 1. The predicted octanol–water partition coefficient (Wildman–Crippen LogP) is 6.66. The van der Waals surface area contributed by atoms with Crippen LogP contribution < -0.4 is 5.32 Å². The smallest absolute Gasteiger partial charge is 0.340 e. The lowest BCUT2D eigenvalue weighted by molar-refractivity contribution is -0.118. The molecule has 2 aromatic heterocycles. The number of carbonyl (C=O) groups excluding carboxylic acids is 1. The third-order valence-electron chi connectivity index (χ3n) is 7.73. The number of carbonyl (C=O) groups is 1. The number of hydrogen-bond acceptors (Lipinski definition) is 9. The number of nitrogens with zero attached hydrogens (tertiary/aromatic N) is 4. The van der Waals surface area contributed by atoms with E-state index in [1.165, 1.54) is 0 Å². The van der Waals surface area contributed by atoms with Gasteiger partial charge in [0.15, 0.2) is 25.3 Å². The van der Waals surface area contributed by atoms with Gasteiger partial charge in [0.05, 0.1) is 12.9 Å². The number of rotatable bonds is 14. The van der Waals surface area contributed by atoms with Gasteiger partial charge >= 0.3 is 8.56 Å². The third-order valence-corrected chi connectivity index (χ3v) is 15.7. The second-order valence-electron chi connectivity index (χ2n) is 14.2. The zero-order valence-electron chi connectivity index (χ0n) is 28.6. The van der Waals surface area contributed by atoms with Crippen molar-refractivity contribution < 1.29 is 27.6 Å². The maximum atomic E-state index is 12.5. The maximum absolute atomic E-state index is 12.5. The van der Waals surface area contributed by atoms with Gasteiger partial charge in [-0.15, -0.1) is 0 Å². The average Bonchev–Trinajstić information content (AvgIpc) is 3.45. The first-order valence-electron chi connectivity index (χ1n) is 15.7. The molecular weight excluding hydrogens is 634 g/mol. The Balaban J connectivity index is 2.14. The van der Waals surface area contributed by atoms with Crippen molar-refractivity contribution in [3.05, 3.63) is 11.5 Å². The van der Waals surface area contributed by atoms with Gasteiger partial charge in [-0.1, -0.05) is 80.8 Å². The number of anilines is 1. The van der Waals surface area contributed by atoms with Crippen molar-refractivity contribution in [1.29, 1.82) is 0 Å². The summed E-state index contributed by atoms with van der Waals surface area (Å²) in [5.41, 5.74) is 1.48. The van der Waals surface area contributed by atoms with E-state index >= 15 is 0 Å². The van der Waals surface area contributed by atoms with Gasteiger partial charge in [-0.25, -0.2) is 4.98 Å². The summed E-state index contributed by atoms with van der Waals surface area (Å²) >= 11 is 6.54. The van der Waals surface area contributed by atoms with Crippen molar-refractivity contribution in [2.24, 2.45) is 5.92 Å². The van der Waals surface area contributed by atoms with Crippen molar-refractivity contribution >= 4 is 60.5 Å². The molecule has 1 aliphatic rings. The first-order valence-corrected chi connectivity index (χ1v) is 23.1. The van der Waals surface area contributed by atoms with Gasteiger partial charge in [0, 0.05) is 5.92 Å². The summed E-state index contributed by atoms with van der Waals surface area (Å²) < 4.78 is 29.0. The molecule has 4 atom stereocenters. The highest BCUT2D eigenvalue weighted by Gasteiger charge is 2.52. The standard InChI is InChI=1S/C29H53ClN5O6Si3/c1-16(2)27(36)34-29-32-25(30)22-26(33-29)35(15-31-22)28-24(41-43(11,12)13)23(40-42(17(3)4)18(5)6)21(39-28)14-38-44(37,19(7)8)20(9)10/h15-21,23-24,28,37H,14H2,1-13H3,(H,32,33,34,36)/t21-,23?,24?,28-/m1/s1. The molecular formula is C29H53ClN5O6Si3. The van der Waals surface area contributed by atoms with Gasteiger partial charge in [0.1, 0.15) is 23.8 Å². The van der Waals surface area contributed by atoms with E-state index in [9.17, 15) is 9.59 Å². The SMILES string of the molecule is CC(C)C(=O)Nc1nc(Cl)c2ncn([C@@H]3O[C@H](CO[Si](O)(C(C)C)C(C)C)C(O[Si](C(C)C)C(C)C)C3O[Si](C)(C)C)c2n1. The molecule has 1 aliphatic heterocycles. The highest BCUT2D eigenvalue weighted by molar-refractivity contribution is 6.70.